The lowest BCUT2D eigenvalue weighted by Crippen LogP contribution is -2.49. The van der Waals surface area contributed by atoms with E-state index in [1.54, 1.807) is 12.1 Å². The first kappa shape index (κ1) is 24.4. The standard InChI is InChI=1S/C21H29N3O6S/c1-5-21(2,3)23-19(25)15-24(14-17-7-6-12-30-17)20(26)13-22-31(27,28)18-10-8-16(29-4)9-11-18/h6-12,22H,5,13-15H2,1-4H3,(H,23,25). The Hall–Kier alpha value is -2.85. The molecular formula is C21H29N3O6S. The molecule has 0 spiro atoms. The van der Waals surface area contributed by atoms with Gasteiger partial charge in [-0.05, 0) is 56.7 Å². The molecule has 0 bridgehead atoms. The van der Waals surface area contributed by atoms with E-state index in [-0.39, 0.29) is 23.9 Å². The molecule has 170 valence electrons. The molecule has 0 atom stereocenters. The van der Waals surface area contributed by atoms with Gasteiger partial charge < -0.3 is 19.4 Å². The minimum atomic E-state index is -3.91. The summed E-state index contributed by atoms with van der Waals surface area (Å²) in [4.78, 5) is 26.5. The van der Waals surface area contributed by atoms with Crippen molar-refractivity contribution in [2.75, 3.05) is 20.2 Å². The van der Waals surface area contributed by atoms with Gasteiger partial charge in [0.1, 0.15) is 18.1 Å². The Morgan fingerprint density at radius 3 is 2.39 bits per heavy atom. The third kappa shape index (κ3) is 7.41. The van der Waals surface area contributed by atoms with Crippen molar-refractivity contribution in [3.63, 3.8) is 0 Å². The van der Waals surface area contributed by atoms with Crippen LogP contribution in [0.4, 0.5) is 0 Å². The van der Waals surface area contributed by atoms with E-state index in [0.29, 0.717) is 17.9 Å². The van der Waals surface area contributed by atoms with Crippen LogP contribution in [0.15, 0.2) is 52.0 Å². The van der Waals surface area contributed by atoms with Crippen molar-refractivity contribution < 1.29 is 27.2 Å². The summed E-state index contributed by atoms with van der Waals surface area (Å²) >= 11 is 0. The molecule has 31 heavy (non-hydrogen) atoms. The van der Waals surface area contributed by atoms with Crippen LogP contribution in [0, 0.1) is 0 Å². The molecule has 1 heterocycles. The van der Waals surface area contributed by atoms with Gasteiger partial charge in [0.2, 0.25) is 21.8 Å². The molecule has 1 aromatic carbocycles. The molecular weight excluding hydrogens is 422 g/mol. The Bertz CT molecular complexity index is 969. The highest BCUT2D eigenvalue weighted by atomic mass is 32.2. The molecule has 0 aliphatic carbocycles. The summed E-state index contributed by atoms with van der Waals surface area (Å²) in [5, 5.41) is 2.87. The molecule has 0 unspecified atom stereocenters. The summed E-state index contributed by atoms with van der Waals surface area (Å²) in [6.45, 7) is 5.02. The lowest BCUT2D eigenvalue weighted by molar-refractivity contribution is -0.136. The van der Waals surface area contributed by atoms with Crippen LogP contribution in [0.5, 0.6) is 5.75 Å². The van der Waals surface area contributed by atoms with Crippen molar-refractivity contribution >= 4 is 21.8 Å². The number of benzene rings is 1. The number of sulfonamides is 1. The number of hydrogen-bond donors (Lipinski definition) is 2. The summed E-state index contributed by atoms with van der Waals surface area (Å²) < 4.78 is 37.6. The average Bonchev–Trinajstić information content (AvgIpc) is 3.24. The van der Waals surface area contributed by atoms with Crippen molar-refractivity contribution in [2.45, 2.75) is 44.2 Å². The SMILES string of the molecule is CCC(C)(C)NC(=O)CN(Cc1ccco1)C(=O)CNS(=O)(=O)c1ccc(OC)cc1. The van der Waals surface area contributed by atoms with E-state index in [4.69, 9.17) is 9.15 Å². The van der Waals surface area contributed by atoms with Gasteiger partial charge in [-0.2, -0.15) is 0 Å². The summed E-state index contributed by atoms with van der Waals surface area (Å²) in [5.74, 6) is 0.0947. The third-order valence-corrected chi connectivity index (χ3v) is 6.18. The number of carbonyl (C=O) groups is 2. The number of ether oxygens (including phenoxy) is 1. The lowest BCUT2D eigenvalue weighted by atomic mass is 10.0. The smallest absolute Gasteiger partial charge is 0.241 e. The highest BCUT2D eigenvalue weighted by Crippen LogP contribution is 2.15. The summed E-state index contributed by atoms with van der Waals surface area (Å²) in [6, 6.07) is 9.14. The number of nitrogens with zero attached hydrogens (tertiary/aromatic N) is 1. The van der Waals surface area contributed by atoms with Crippen LogP contribution in [-0.4, -0.2) is 50.9 Å². The highest BCUT2D eigenvalue weighted by Gasteiger charge is 2.24. The molecule has 9 nitrogen and oxygen atoms in total. The maximum Gasteiger partial charge on any atom is 0.241 e. The van der Waals surface area contributed by atoms with E-state index in [0.717, 1.165) is 0 Å². The second kappa shape index (κ2) is 10.5. The normalized spacial score (nSPS) is 11.7. The average molecular weight is 452 g/mol. The van der Waals surface area contributed by atoms with Crippen molar-refractivity contribution in [1.29, 1.82) is 0 Å². The molecule has 2 N–H and O–H groups in total. The number of nitrogens with one attached hydrogen (secondary N) is 2. The van der Waals surface area contributed by atoms with E-state index in [1.165, 1.54) is 42.5 Å². The van der Waals surface area contributed by atoms with Crippen LogP contribution in [0.1, 0.15) is 33.0 Å². The zero-order valence-corrected chi connectivity index (χ0v) is 19.0. The third-order valence-electron chi connectivity index (χ3n) is 4.76. The number of rotatable bonds is 11. The van der Waals surface area contributed by atoms with Gasteiger partial charge in [-0.15, -0.1) is 0 Å². The zero-order valence-electron chi connectivity index (χ0n) is 18.2. The second-order valence-electron chi connectivity index (χ2n) is 7.61. The number of furan rings is 1. The molecule has 2 aromatic rings. The van der Waals surface area contributed by atoms with E-state index in [2.05, 4.69) is 10.0 Å². The number of hydrogen-bond acceptors (Lipinski definition) is 6. The van der Waals surface area contributed by atoms with E-state index < -0.39 is 28.0 Å². The van der Waals surface area contributed by atoms with Gasteiger partial charge in [-0.3, -0.25) is 9.59 Å². The molecule has 0 aliphatic rings. The summed E-state index contributed by atoms with van der Waals surface area (Å²) in [7, 11) is -2.44. The Kier molecular flexibility index (Phi) is 8.23. The van der Waals surface area contributed by atoms with Crippen LogP contribution in [0.25, 0.3) is 0 Å². The maximum atomic E-state index is 12.8. The van der Waals surface area contributed by atoms with Gasteiger partial charge in [0.25, 0.3) is 0 Å². The highest BCUT2D eigenvalue weighted by molar-refractivity contribution is 7.89. The number of amides is 2. The largest absolute Gasteiger partial charge is 0.497 e. The molecule has 0 saturated heterocycles. The molecule has 1 aromatic heterocycles. The van der Waals surface area contributed by atoms with Gasteiger partial charge in [0.05, 0.1) is 31.4 Å². The van der Waals surface area contributed by atoms with Gasteiger partial charge in [-0.1, -0.05) is 6.92 Å². The molecule has 0 fully saturated rings. The second-order valence-corrected chi connectivity index (χ2v) is 9.38. The number of carbonyl (C=O) groups excluding carboxylic acids is 2. The summed E-state index contributed by atoms with van der Waals surface area (Å²) in [5.41, 5.74) is -0.424. The van der Waals surface area contributed by atoms with Crippen LogP contribution >= 0.6 is 0 Å². The number of methoxy groups -OCH3 is 1. The topological polar surface area (TPSA) is 118 Å². The van der Waals surface area contributed by atoms with Crippen LogP contribution in [-0.2, 0) is 26.2 Å². The Balaban J connectivity index is 2.08. The fourth-order valence-corrected chi connectivity index (χ4v) is 3.58. The van der Waals surface area contributed by atoms with Gasteiger partial charge in [-0.25, -0.2) is 13.1 Å². The van der Waals surface area contributed by atoms with Gasteiger partial charge in [0, 0.05) is 5.54 Å². The molecule has 0 aliphatic heterocycles. The lowest BCUT2D eigenvalue weighted by Gasteiger charge is -2.27. The maximum absolute atomic E-state index is 12.8. The van der Waals surface area contributed by atoms with E-state index in [9.17, 15) is 18.0 Å². The van der Waals surface area contributed by atoms with Crippen LogP contribution < -0.4 is 14.8 Å². The molecule has 2 rings (SSSR count). The van der Waals surface area contributed by atoms with E-state index >= 15 is 0 Å². The van der Waals surface area contributed by atoms with Crippen LogP contribution in [0.2, 0.25) is 0 Å². The summed E-state index contributed by atoms with van der Waals surface area (Å²) in [6.07, 6.45) is 2.18. The predicted molar refractivity (Wildman–Crippen MR) is 115 cm³/mol. The van der Waals surface area contributed by atoms with E-state index in [1.807, 2.05) is 20.8 Å². The minimum Gasteiger partial charge on any atom is -0.497 e. The van der Waals surface area contributed by atoms with Crippen molar-refractivity contribution in [2.24, 2.45) is 0 Å². The monoisotopic (exact) mass is 451 g/mol. The van der Waals surface area contributed by atoms with Crippen molar-refractivity contribution in [3.8, 4) is 5.75 Å². The van der Waals surface area contributed by atoms with Gasteiger partial charge in [0.15, 0.2) is 0 Å². The Morgan fingerprint density at radius 2 is 1.84 bits per heavy atom. The first-order chi connectivity index (χ1) is 14.6. The van der Waals surface area contributed by atoms with Crippen molar-refractivity contribution in [3.05, 3.63) is 48.4 Å². The Morgan fingerprint density at radius 1 is 1.16 bits per heavy atom. The van der Waals surface area contributed by atoms with Gasteiger partial charge >= 0.3 is 0 Å². The Labute approximate surface area is 182 Å². The fourth-order valence-electron chi connectivity index (χ4n) is 2.61. The molecule has 0 radical (unpaired) electrons. The fraction of sp³-hybridized carbons (Fsp3) is 0.429. The molecule has 0 saturated carbocycles. The molecule has 2 amide bonds. The quantitative estimate of drug-likeness (QED) is 0.539. The minimum absolute atomic E-state index is 0.00104. The van der Waals surface area contributed by atoms with Crippen molar-refractivity contribution in [1.82, 2.24) is 14.9 Å². The first-order valence-electron chi connectivity index (χ1n) is 9.81. The first-order valence-corrected chi connectivity index (χ1v) is 11.3. The molecule has 10 heteroatoms. The van der Waals surface area contributed by atoms with Crippen LogP contribution in [0.3, 0.4) is 0 Å². The predicted octanol–water partition coefficient (Wildman–Crippen LogP) is 1.90. The zero-order chi connectivity index (χ0) is 23.1.